The fourth-order valence-electron chi connectivity index (χ4n) is 4.23. The zero-order chi connectivity index (χ0) is 24.7. The number of fused-ring (bicyclic) bond motifs is 3. The number of hydrogen-bond acceptors (Lipinski definition) is 6. The first-order valence-corrected chi connectivity index (χ1v) is 12.3. The molecule has 10 nitrogen and oxygen atoms in total. The Morgan fingerprint density at radius 3 is 2.46 bits per heavy atom. The Kier molecular flexibility index (Phi) is 5.58. The normalized spacial score (nSPS) is 16.5. The third-order valence-electron chi connectivity index (χ3n) is 6.08. The molecule has 1 aliphatic heterocycles. The molecule has 4 aromatic rings. The highest BCUT2D eigenvalue weighted by Gasteiger charge is 2.38. The molecule has 0 spiro atoms. The van der Waals surface area contributed by atoms with E-state index in [4.69, 9.17) is 0 Å². The van der Waals surface area contributed by atoms with Gasteiger partial charge in [0, 0.05) is 18.7 Å². The number of nitro benzene ring substituents is 1. The van der Waals surface area contributed by atoms with Gasteiger partial charge in [-0.05, 0) is 36.8 Å². The van der Waals surface area contributed by atoms with E-state index in [0.717, 1.165) is 11.1 Å². The van der Waals surface area contributed by atoms with Crippen LogP contribution in [-0.2, 0) is 21.4 Å². The average Bonchev–Trinajstić information content (AvgIpc) is 3.19. The number of sulfonamides is 1. The van der Waals surface area contributed by atoms with E-state index in [-0.39, 0.29) is 17.1 Å². The van der Waals surface area contributed by atoms with E-state index in [1.54, 1.807) is 12.1 Å². The molecule has 5 rings (SSSR count). The molecule has 0 saturated carbocycles. The van der Waals surface area contributed by atoms with Crippen LogP contribution in [0.25, 0.3) is 11.0 Å². The van der Waals surface area contributed by atoms with E-state index in [2.05, 4.69) is 15.0 Å². The predicted molar refractivity (Wildman–Crippen MR) is 129 cm³/mol. The van der Waals surface area contributed by atoms with Crippen molar-refractivity contribution in [3.8, 4) is 0 Å². The molecule has 3 aromatic carbocycles. The first-order chi connectivity index (χ1) is 16.7. The molecule has 2 N–H and O–H groups in total. The lowest BCUT2D eigenvalue weighted by atomic mass is 9.91. The fourth-order valence-corrected chi connectivity index (χ4v) is 5.50. The third-order valence-corrected chi connectivity index (χ3v) is 7.54. The number of amides is 1. The van der Waals surface area contributed by atoms with E-state index in [0.29, 0.717) is 17.0 Å². The Morgan fingerprint density at radius 2 is 1.77 bits per heavy atom. The van der Waals surface area contributed by atoms with Crippen molar-refractivity contribution in [3.63, 3.8) is 0 Å². The number of hydrogen-bond donors (Lipinski definition) is 2. The molecule has 11 heteroatoms. The van der Waals surface area contributed by atoms with Gasteiger partial charge in [0.05, 0.1) is 32.8 Å². The summed E-state index contributed by atoms with van der Waals surface area (Å²) in [5.41, 5.74) is 2.71. The molecule has 2 heterocycles. The van der Waals surface area contributed by atoms with Gasteiger partial charge >= 0.3 is 0 Å². The minimum atomic E-state index is -4.02. The van der Waals surface area contributed by atoms with E-state index >= 15 is 0 Å². The summed E-state index contributed by atoms with van der Waals surface area (Å²) in [4.78, 5) is 28.3. The molecule has 1 amide bonds. The summed E-state index contributed by atoms with van der Waals surface area (Å²) in [5, 5.41) is 13.9. The van der Waals surface area contributed by atoms with Crippen molar-refractivity contribution in [1.82, 2.24) is 14.3 Å². The van der Waals surface area contributed by atoms with Gasteiger partial charge in [-0.25, -0.2) is 18.1 Å². The summed E-state index contributed by atoms with van der Waals surface area (Å²) >= 11 is 0. The smallest absolute Gasteiger partial charge is 0.269 e. The second-order valence-electron chi connectivity index (χ2n) is 8.39. The topological polar surface area (TPSA) is 136 Å². The van der Waals surface area contributed by atoms with E-state index in [1.165, 1.54) is 36.4 Å². The molecule has 2 unspecified atom stereocenters. The lowest BCUT2D eigenvalue weighted by Crippen LogP contribution is -2.43. The quantitative estimate of drug-likeness (QED) is 0.313. The van der Waals surface area contributed by atoms with Gasteiger partial charge in [0.1, 0.15) is 0 Å². The van der Waals surface area contributed by atoms with Crippen LogP contribution in [0.3, 0.4) is 0 Å². The van der Waals surface area contributed by atoms with Crippen LogP contribution in [0.15, 0.2) is 77.7 Å². The Morgan fingerprint density at radius 1 is 1.09 bits per heavy atom. The molecule has 35 heavy (non-hydrogen) atoms. The molecule has 1 aliphatic rings. The van der Waals surface area contributed by atoms with Gasteiger partial charge in [0.25, 0.3) is 5.69 Å². The molecular weight excluding hydrogens is 470 g/mol. The Bertz CT molecular complexity index is 1550. The second kappa shape index (κ2) is 8.60. The largest absolute Gasteiger partial charge is 0.309 e. The van der Waals surface area contributed by atoms with Crippen molar-refractivity contribution in [1.29, 1.82) is 0 Å². The summed E-state index contributed by atoms with van der Waals surface area (Å²) in [6.45, 7) is 2.02. The fraction of sp³-hybridized carbons (Fsp3) is 0.167. The predicted octanol–water partition coefficient (Wildman–Crippen LogP) is 3.54. The Balaban J connectivity index is 1.57. The third kappa shape index (κ3) is 4.27. The number of carbonyl (C=O) groups excluding carboxylic acids is 1. The number of imidazole rings is 1. The van der Waals surface area contributed by atoms with Crippen LogP contribution in [0.1, 0.15) is 17.2 Å². The van der Waals surface area contributed by atoms with Gasteiger partial charge < -0.3 is 4.57 Å². The van der Waals surface area contributed by atoms with Gasteiger partial charge in [-0.2, -0.15) is 0 Å². The standard InChI is InChI=1S/C24H21N5O5S/c1-15-6-12-18(13-7-15)35(33,34)27-22(16-8-10-17(11-9-16)29(31)32)19-14-28-21-5-3-2-4-20(21)25-24(28)26-23(19)30/h2-13,19,22,27H,14H2,1H3,(H,25,26,30). The van der Waals surface area contributed by atoms with Gasteiger partial charge in [0.2, 0.25) is 21.9 Å². The summed E-state index contributed by atoms with van der Waals surface area (Å²) in [6.07, 6.45) is 0. The molecule has 178 valence electrons. The highest BCUT2D eigenvalue weighted by Crippen LogP contribution is 2.34. The molecular formula is C24H21N5O5S. The monoisotopic (exact) mass is 491 g/mol. The second-order valence-corrected chi connectivity index (χ2v) is 10.1. The van der Waals surface area contributed by atoms with E-state index in [1.807, 2.05) is 35.8 Å². The average molecular weight is 492 g/mol. The first kappa shape index (κ1) is 22.7. The molecule has 0 aliphatic carbocycles. The first-order valence-electron chi connectivity index (χ1n) is 10.8. The number of rotatable bonds is 6. The van der Waals surface area contributed by atoms with E-state index in [9.17, 15) is 23.3 Å². The van der Waals surface area contributed by atoms with Crippen molar-refractivity contribution < 1.29 is 18.1 Å². The van der Waals surface area contributed by atoms with E-state index < -0.39 is 32.8 Å². The molecule has 1 aromatic heterocycles. The highest BCUT2D eigenvalue weighted by atomic mass is 32.2. The molecule has 0 bridgehead atoms. The van der Waals surface area contributed by atoms with Crippen LogP contribution in [0.2, 0.25) is 0 Å². The van der Waals surface area contributed by atoms with Crippen LogP contribution in [0.4, 0.5) is 11.6 Å². The van der Waals surface area contributed by atoms with Crippen molar-refractivity contribution in [2.75, 3.05) is 5.32 Å². The number of nitro groups is 1. The summed E-state index contributed by atoms with van der Waals surface area (Å²) in [5.74, 6) is -0.860. The molecule has 0 fully saturated rings. The van der Waals surface area contributed by atoms with Crippen molar-refractivity contribution in [3.05, 3.63) is 94.0 Å². The molecule has 0 radical (unpaired) electrons. The number of nitrogens with zero attached hydrogens (tertiary/aromatic N) is 3. The number of benzene rings is 3. The number of anilines is 1. The number of para-hydroxylation sites is 2. The zero-order valence-electron chi connectivity index (χ0n) is 18.6. The van der Waals surface area contributed by atoms with Gasteiger partial charge in [-0.15, -0.1) is 0 Å². The highest BCUT2D eigenvalue weighted by molar-refractivity contribution is 7.89. The number of aryl methyl sites for hydroxylation is 1. The van der Waals surface area contributed by atoms with Crippen LogP contribution in [-0.4, -0.2) is 28.8 Å². The Labute approximate surface area is 200 Å². The van der Waals surface area contributed by atoms with Crippen molar-refractivity contribution in [2.24, 2.45) is 5.92 Å². The lowest BCUT2D eigenvalue weighted by molar-refractivity contribution is -0.384. The number of nitrogens with one attached hydrogen (secondary N) is 2. The van der Waals surface area contributed by atoms with Crippen molar-refractivity contribution >= 4 is 38.6 Å². The van der Waals surface area contributed by atoms with Gasteiger partial charge in [0.15, 0.2) is 0 Å². The summed E-state index contributed by atoms with van der Waals surface area (Å²) < 4.78 is 31.1. The maximum Gasteiger partial charge on any atom is 0.269 e. The SMILES string of the molecule is Cc1ccc(S(=O)(=O)NC(c2ccc([N+](=O)[O-])cc2)C2Cn3c(nc4ccccc43)NC2=O)cc1. The minimum Gasteiger partial charge on any atom is -0.309 e. The van der Waals surface area contributed by atoms with Crippen LogP contribution in [0.5, 0.6) is 0 Å². The lowest BCUT2D eigenvalue weighted by Gasteiger charge is -2.31. The van der Waals surface area contributed by atoms with Crippen LogP contribution in [0, 0.1) is 23.0 Å². The maximum absolute atomic E-state index is 13.3. The van der Waals surface area contributed by atoms with Gasteiger partial charge in [-0.3, -0.25) is 20.2 Å². The van der Waals surface area contributed by atoms with Gasteiger partial charge in [-0.1, -0.05) is 42.0 Å². The zero-order valence-corrected chi connectivity index (χ0v) is 19.4. The molecule has 2 atom stereocenters. The summed E-state index contributed by atoms with van der Waals surface area (Å²) in [7, 11) is -4.02. The number of non-ortho nitro benzene ring substituents is 1. The maximum atomic E-state index is 13.3. The molecule has 0 saturated heterocycles. The van der Waals surface area contributed by atoms with Crippen LogP contribution < -0.4 is 10.0 Å². The van der Waals surface area contributed by atoms with Crippen LogP contribution >= 0.6 is 0 Å². The number of carbonyl (C=O) groups is 1. The van der Waals surface area contributed by atoms with Crippen molar-refractivity contribution in [2.45, 2.75) is 24.4 Å². The summed E-state index contributed by atoms with van der Waals surface area (Å²) in [6, 6.07) is 18.3. The minimum absolute atomic E-state index is 0.0556. The number of aromatic nitrogens is 2. The Hall–Kier alpha value is -4.09.